The van der Waals surface area contributed by atoms with Crippen molar-refractivity contribution in [1.29, 1.82) is 0 Å². The number of aromatic nitrogens is 3. The second-order valence-electron chi connectivity index (χ2n) is 6.51. The van der Waals surface area contributed by atoms with Crippen LogP contribution in [0.4, 0.5) is 11.6 Å². The Bertz CT molecular complexity index is 978. The molecule has 1 aliphatic rings. The number of carbonyl (C=O) groups excluding carboxylic acids is 1. The molecule has 9 nitrogen and oxygen atoms in total. The van der Waals surface area contributed by atoms with Gasteiger partial charge in [-0.15, -0.1) is 0 Å². The Morgan fingerprint density at radius 1 is 1.13 bits per heavy atom. The highest BCUT2D eigenvalue weighted by Gasteiger charge is 2.11. The quantitative estimate of drug-likeness (QED) is 0.598. The number of anilines is 2. The summed E-state index contributed by atoms with van der Waals surface area (Å²) in [5, 5.41) is 5.89. The molecule has 0 saturated carbocycles. The van der Waals surface area contributed by atoms with Crippen LogP contribution in [0.15, 0.2) is 36.4 Å². The van der Waals surface area contributed by atoms with Crippen molar-refractivity contribution in [3.63, 3.8) is 0 Å². The number of fused-ring (bicyclic) bond motifs is 1. The maximum atomic E-state index is 11.1. The molecule has 0 aliphatic carbocycles. The normalized spacial score (nSPS) is 13.3. The summed E-state index contributed by atoms with van der Waals surface area (Å²) in [5.41, 5.74) is 9.29. The molecule has 0 bridgehead atoms. The van der Waals surface area contributed by atoms with Gasteiger partial charge in [0, 0.05) is 31.3 Å². The highest BCUT2D eigenvalue weighted by Crippen LogP contribution is 2.26. The van der Waals surface area contributed by atoms with E-state index in [0.717, 1.165) is 43.2 Å². The molecule has 4 N–H and O–H groups in total. The summed E-state index contributed by atoms with van der Waals surface area (Å²) in [5.74, 6) is 0.416. The second kappa shape index (κ2) is 10.5. The van der Waals surface area contributed by atoms with Gasteiger partial charge in [0.05, 0.1) is 31.0 Å². The Balaban J connectivity index is 0.000000367. The Labute approximate surface area is 175 Å². The van der Waals surface area contributed by atoms with E-state index in [1.807, 2.05) is 43.3 Å². The number of benzene rings is 1. The Morgan fingerprint density at radius 3 is 2.43 bits per heavy atom. The van der Waals surface area contributed by atoms with Gasteiger partial charge in [-0.2, -0.15) is 4.98 Å². The van der Waals surface area contributed by atoms with Crippen LogP contribution in [0.2, 0.25) is 0 Å². The zero-order valence-corrected chi connectivity index (χ0v) is 17.1. The molecule has 30 heavy (non-hydrogen) atoms. The van der Waals surface area contributed by atoms with E-state index < -0.39 is 0 Å². The number of hydrogen-bond donors (Lipinski definition) is 3. The van der Waals surface area contributed by atoms with Gasteiger partial charge in [-0.25, -0.2) is 9.97 Å². The van der Waals surface area contributed by atoms with Crippen molar-refractivity contribution in [2.24, 2.45) is 0 Å². The van der Waals surface area contributed by atoms with Crippen molar-refractivity contribution in [3.05, 3.63) is 36.4 Å². The number of rotatable bonds is 4. The minimum Gasteiger partial charge on any atom is -0.476 e. The number of morpholine rings is 1. The summed E-state index contributed by atoms with van der Waals surface area (Å²) >= 11 is 0. The van der Waals surface area contributed by atoms with Gasteiger partial charge in [-0.1, -0.05) is 12.1 Å². The minimum atomic E-state index is -0.109. The SMILES string of the molecule is C1COCCN1.CCOc1nc(N)nc2ccc(-c3ccc(NC(C)=O)cc3)nc12. The Kier molecular flexibility index (Phi) is 7.47. The van der Waals surface area contributed by atoms with E-state index in [2.05, 4.69) is 25.6 Å². The highest BCUT2D eigenvalue weighted by molar-refractivity contribution is 5.89. The van der Waals surface area contributed by atoms with Crippen LogP contribution in [0.1, 0.15) is 13.8 Å². The van der Waals surface area contributed by atoms with Gasteiger partial charge in [-0.05, 0) is 31.2 Å². The number of pyridine rings is 1. The molecule has 158 valence electrons. The van der Waals surface area contributed by atoms with E-state index >= 15 is 0 Å². The summed E-state index contributed by atoms with van der Waals surface area (Å²) in [6, 6.07) is 11.1. The molecule has 2 aromatic heterocycles. The molecule has 0 radical (unpaired) electrons. The van der Waals surface area contributed by atoms with E-state index in [1.54, 1.807) is 0 Å². The molecule has 1 saturated heterocycles. The van der Waals surface area contributed by atoms with Crippen molar-refractivity contribution < 1.29 is 14.3 Å². The molecule has 0 atom stereocenters. The fourth-order valence-corrected chi connectivity index (χ4v) is 2.85. The molecule has 3 aromatic rings. The summed E-state index contributed by atoms with van der Waals surface area (Å²) in [4.78, 5) is 24.0. The molecule has 9 heteroatoms. The van der Waals surface area contributed by atoms with Crippen molar-refractivity contribution in [2.45, 2.75) is 13.8 Å². The van der Waals surface area contributed by atoms with Crippen molar-refractivity contribution in [2.75, 3.05) is 44.0 Å². The van der Waals surface area contributed by atoms with E-state index in [-0.39, 0.29) is 11.9 Å². The third-order valence-electron chi connectivity index (χ3n) is 4.16. The van der Waals surface area contributed by atoms with Gasteiger partial charge in [0.2, 0.25) is 17.7 Å². The number of nitrogens with one attached hydrogen (secondary N) is 2. The molecule has 0 spiro atoms. The average molecular weight is 410 g/mol. The van der Waals surface area contributed by atoms with Crippen LogP contribution in [-0.2, 0) is 9.53 Å². The van der Waals surface area contributed by atoms with E-state index in [4.69, 9.17) is 15.2 Å². The standard InChI is InChI=1S/C17H17N5O2.C4H9NO/c1-3-24-16-15-14(21-17(18)22-16)9-8-13(20-15)11-4-6-12(7-5-11)19-10(2)23;1-3-6-4-2-5-1/h4-9H,3H2,1-2H3,(H,19,23)(H2,18,21,22);5H,1-4H2. The van der Waals surface area contributed by atoms with Crippen LogP contribution in [-0.4, -0.2) is 53.8 Å². The van der Waals surface area contributed by atoms with Gasteiger partial charge in [-0.3, -0.25) is 4.79 Å². The molecule has 4 rings (SSSR count). The van der Waals surface area contributed by atoms with E-state index in [1.165, 1.54) is 6.92 Å². The van der Waals surface area contributed by atoms with Gasteiger partial charge >= 0.3 is 0 Å². The fraction of sp³-hybridized carbons (Fsp3) is 0.333. The van der Waals surface area contributed by atoms with Crippen molar-refractivity contribution >= 4 is 28.6 Å². The number of nitrogen functional groups attached to an aromatic ring is 1. The molecule has 1 aliphatic heterocycles. The largest absolute Gasteiger partial charge is 0.476 e. The maximum Gasteiger partial charge on any atom is 0.245 e. The van der Waals surface area contributed by atoms with Crippen LogP contribution in [0.3, 0.4) is 0 Å². The second-order valence-corrected chi connectivity index (χ2v) is 6.51. The van der Waals surface area contributed by atoms with Gasteiger partial charge < -0.3 is 25.8 Å². The third-order valence-corrected chi connectivity index (χ3v) is 4.16. The topological polar surface area (TPSA) is 124 Å². The third kappa shape index (κ3) is 5.85. The number of ether oxygens (including phenoxy) is 2. The lowest BCUT2D eigenvalue weighted by Gasteiger charge is -2.10. The monoisotopic (exact) mass is 410 g/mol. The number of nitrogens with two attached hydrogens (primary N) is 1. The van der Waals surface area contributed by atoms with Gasteiger partial charge in [0.25, 0.3) is 0 Å². The number of nitrogens with zero attached hydrogens (tertiary/aromatic N) is 3. The zero-order valence-electron chi connectivity index (χ0n) is 17.1. The van der Waals surface area contributed by atoms with E-state index in [9.17, 15) is 4.79 Å². The van der Waals surface area contributed by atoms with E-state index in [0.29, 0.717) is 23.5 Å². The van der Waals surface area contributed by atoms with Gasteiger partial charge in [0.1, 0.15) is 0 Å². The number of hydrogen-bond acceptors (Lipinski definition) is 8. The van der Waals surface area contributed by atoms with Crippen LogP contribution in [0, 0.1) is 0 Å². The summed E-state index contributed by atoms with van der Waals surface area (Å²) in [6.45, 7) is 7.64. The van der Waals surface area contributed by atoms with Crippen LogP contribution >= 0.6 is 0 Å². The fourth-order valence-electron chi connectivity index (χ4n) is 2.85. The molecule has 1 fully saturated rings. The average Bonchev–Trinajstić information content (AvgIpc) is 2.75. The summed E-state index contributed by atoms with van der Waals surface area (Å²) < 4.78 is 10.5. The highest BCUT2D eigenvalue weighted by atomic mass is 16.5. The first-order valence-corrected chi connectivity index (χ1v) is 9.80. The number of carbonyl (C=O) groups is 1. The maximum absolute atomic E-state index is 11.1. The molecule has 1 amide bonds. The predicted molar refractivity (Wildman–Crippen MR) is 116 cm³/mol. The van der Waals surface area contributed by atoms with Crippen molar-refractivity contribution in [1.82, 2.24) is 20.3 Å². The summed E-state index contributed by atoms with van der Waals surface area (Å²) in [6.07, 6.45) is 0. The van der Waals surface area contributed by atoms with Crippen LogP contribution in [0.5, 0.6) is 5.88 Å². The molecule has 0 unspecified atom stereocenters. The Hall–Kier alpha value is -3.30. The first kappa shape index (κ1) is 21.4. The van der Waals surface area contributed by atoms with Crippen LogP contribution < -0.4 is 21.1 Å². The first-order chi connectivity index (χ1) is 14.6. The number of amides is 1. The van der Waals surface area contributed by atoms with Gasteiger partial charge in [0.15, 0.2) is 5.52 Å². The zero-order chi connectivity index (χ0) is 21.3. The predicted octanol–water partition coefficient (Wildman–Crippen LogP) is 2.24. The first-order valence-electron chi connectivity index (χ1n) is 9.80. The molecular weight excluding hydrogens is 384 g/mol. The molecular formula is C21H26N6O3. The van der Waals surface area contributed by atoms with Crippen LogP contribution in [0.25, 0.3) is 22.3 Å². The Morgan fingerprint density at radius 2 is 1.87 bits per heavy atom. The molecule has 3 heterocycles. The van der Waals surface area contributed by atoms with Crippen molar-refractivity contribution in [3.8, 4) is 17.1 Å². The summed E-state index contributed by atoms with van der Waals surface area (Å²) in [7, 11) is 0. The lowest BCUT2D eigenvalue weighted by atomic mass is 10.1. The minimum absolute atomic E-state index is 0.109. The lowest BCUT2D eigenvalue weighted by Crippen LogP contribution is -2.30. The molecule has 1 aromatic carbocycles. The smallest absolute Gasteiger partial charge is 0.245 e. The lowest BCUT2D eigenvalue weighted by molar-refractivity contribution is -0.114.